The smallest absolute Gasteiger partial charge is 0.266 e. The second-order valence-electron chi connectivity index (χ2n) is 8.19. The predicted octanol–water partition coefficient (Wildman–Crippen LogP) is 5.24. The molecule has 0 bridgehead atoms. The molecule has 2 aromatic carbocycles. The van der Waals surface area contributed by atoms with Crippen LogP contribution in [-0.4, -0.2) is 21.4 Å². The van der Waals surface area contributed by atoms with Crippen molar-refractivity contribution in [1.82, 2.24) is 9.55 Å². The molecule has 9 heteroatoms. The van der Waals surface area contributed by atoms with Crippen LogP contribution in [-0.2, 0) is 11.3 Å². The van der Waals surface area contributed by atoms with E-state index in [0.717, 1.165) is 28.0 Å². The van der Waals surface area contributed by atoms with Crippen LogP contribution in [0.15, 0.2) is 47.5 Å². The zero-order chi connectivity index (χ0) is 24.6. The standard InChI is InChI=1S/C25H23ClN4O3S/c1-13-5-7-19(14(2)9-13)29-23(32)22-16(4)21-24(34-22)27-12-30(25(21)33)11-20(31)28-18-8-6-17(26)10-15(18)3/h5-10,12H,11H2,1-4H3,(H,28,31)(H,29,32). The number of fused-ring (bicyclic) bond motifs is 1. The molecule has 2 heterocycles. The van der Waals surface area contributed by atoms with Crippen LogP contribution in [0, 0.1) is 27.7 Å². The van der Waals surface area contributed by atoms with Gasteiger partial charge in [0.1, 0.15) is 11.4 Å². The molecule has 0 atom stereocenters. The van der Waals surface area contributed by atoms with Gasteiger partial charge >= 0.3 is 0 Å². The van der Waals surface area contributed by atoms with Gasteiger partial charge in [-0.05, 0) is 68.7 Å². The van der Waals surface area contributed by atoms with E-state index in [0.29, 0.717) is 37.1 Å². The lowest BCUT2D eigenvalue weighted by Crippen LogP contribution is -2.28. The highest BCUT2D eigenvalue weighted by molar-refractivity contribution is 7.20. The number of carbonyl (C=O) groups excluding carboxylic acids is 2. The minimum Gasteiger partial charge on any atom is -0.324 e. The fraction of sp³-hybridized carbons (Fsp3) is 0.200. The van der Waals surface area contributed by atoms with Crippen molar-refractivity contribution in [3.63, 3.8) is 0 Å². The van der Waals surface area contributed by atoms with Crippen LogP contribution < -0.4 is 16.2 Å². The number of rotatable bonds is 5. The van der Waals surface area contributed by atoms with E-state index in [4.69, 9.17) is 11.6 Å². The highest BCUT2D eigenvalue weighted by atomic mass is 35.5. The van der Waals surface area contributed by atoms with Crippen molar-refractivity contribution in [2.75, 3.05) is 10.6 Å². The average Bonchev–Trinajstić information content (AvgIpc) is 3.11. The SMILES string of the molecule is Cc1ccc(NC(=O)c2sc3ncn(CC(=O)Nc4ccc(Cl)cc4C)c(=O)c3c2C)c(C)c1. The number of amides is 2. The molecule has 0 spiro atoms. The summed E-state index contributed by atoms with van der Waals surface area (Å²) in [5.41, 5.74) is 4.38. The molecule has 0 saturated heterocycles. The molecule has 0 saturated carbocycles. The summed E-state index contributed by atoms with van der Waals surface area (Å²) in [7, 11) is 0. The molecule has 34 heavy (non-hydrogen) atoms. The van der Waals surface area contributed by atoms with Gasteiger partial charge in [-0.2, -0.15) is 0 Å². The lowest BCUT2D eigenvalue weighted by molar-refractivity contribution is -0.116. The maximum atomic E-state index is 13.1. The molecule has 0 aliphatic carbocycles. The Hall–Kier alpha value is -3.49. The third-order valence-electron chi connectivity index (χ3n) is 5.53. The van der Waals surface area contributed by atoms with E-state index in [2.05, 4.69) is 15.6 Å². The first-order valence-corrected chi connectivity index (χ1v) is 11.8. The van der Waals surface area contributed by atoms with E-state index in [1.54, 1.807) is 25.1 Å². The quantitative estimate of drug-likeness (QED) is 0.397. The number of hydrogen-bond donors (Lipinski definition) is 2. The first-order chi connectivity index (χ1) is 16.1. The number of aromatic nitrogens is 2. The van der Waals surface area contributed by atoms with Gasteiger partial charge in [0.05, 0.1) is 16.6 Å². The number of thiophene rings is 1. The molecular formula is C25H23ClN4O3S. The number of benzene rings is 2. The molecule has 4 aromatic rings. The second-order valence-corrected chi connectivity index (χ2v) is 9.63. The molecule has 2 aromatic heterocycles. The number of halogens is 1. The number of nitrogens with zero attached hydrogens (tertiary/aromatic N) is 2. The summed E-state index contributed by atoms with van der Waals surface area (Å²) in [4.78, 5) is 43.9. The van der Waals surface area contributed by atoms with Crippen molar-refractivity contribution >= 4 is 56.3 Å². The zero-order valence-corrected chi connectivity index (χ0v) is 20.7. The Kier molecular flexibility index (Phi) is 6.54. The van der Waals surface area contributed by atoms with Crippen LogP contribution >= 0.6 is 22.9 Å². The first kappa shape index (κ1) is 23.7. The van der Waals surface area contributed by atoms with Crippen LogP contribution in [0.2, 0.25) is 5.02 Å². The van der Waals surface area contributed by atoms with Gasteiger partial charge in [-0.3, -0.25) is 19.0 Å². The fourth-order valence-corrected chi connectivity index (χ4v) is 4.99. The van der Waals surface area contributed by atoms with Gasteiger partial charge in [0.25, 0.3) is 11.5 Å². The highest BCUT2D eigenvalue weighted by Gasteiger charge is 2.20. The Labute approximate surface area is 205 Å². The molecule has 4 rings (SSSR count). The van der Waals surface area contributed by atoms with Crippen molar-refractivity contribution in [3.8, 4) is 0 Å². The van der Waals surface area contributed by atoms with Gasteiger partial charge in [0.15, 0.2) is 0 Å². The van der Waals surface area contributed by atoms with E-state index in [-0.39, 0.29) is 23.9 Å². The Morgan fingerprint density at radius 3 is 2.38 bits per heavy atom. The third-order valence-corrected chi connectivity index (χ3v) is 6.96. The fourth-order valence-electron chi connectivity index (χ4n) is 3.73. The normalized spacial score (nSPS) is 11.0. The van der Waals surface area contributed by atoms with Crippen molar-refractivity contribution in [3.05, 3.63) is 85.2 Å². The highest BCUT2D eigenvalue weighted by Crippen LogP contribution is 2.28. The molecule has 0 aliphatic heterocycles. The van der Waals surface area contributed by atoms with E-state index < -0.39 is 0 Å². The number of aryl methyl sites for hydroxylation is 4. The summed E-state index contributed by atoms with van der Waals surface area (Å²) in [6, 6.07) is 10.9. The summed E-state index contributed by atoms with van der Waals surface area (Å²) in [6.45, 7) is 7.27. The first-order valence-electron chi connectivity index (χ1n) is 10.6. The molecule has 0 radical (unpaired) electrons. The maximum absolute atomic E-state index is 13.1. The molecule has 0 aliphatic rings. The molecule has 0 unspecified atom stereocenters. The maximum Gasteiger partial charge on any atom is 0.266 e. The Morgan fingerprint density at radius 1 is 1.00 bits per heavy atom. The average molecular weight is 495 g/mol. The zero-order valence-electron chi connectivity index (χ0n) is 19.2. The van der Waals surface area contributed by atoms with Crippen molar-refractivity contribution in [1.29, 1.82) is 0 Å². The monoisotopic (exact) mass is 494 g/mol. The summed E-state index contributed by atoms with van der Waals surface area (Å²) in [5, 5.41) is 6.63. The molecule has 0 fully saturated rings. The molecular weight excluding hydrogens is 472 g/mol. The van der Waals surface area contributed by atoms with Gasteiger partial charge < -0.3 is 10.6 Å². The Bertz CT molecular complexity index is 1510. The van der Waals surface area contributed by atoms with E-state index in [1.165, 1.54) is 10.9 Å². The summed E-state index contributed by atoms with van der Waals surface area (Å²) >= 11 is 7.12. The topological polar surface area (TPSA) is 93.1 Å². The summed E-state index contributed by atoms with van der Waals surface area (Å²) in [6.07, 6.45) is 1.33. The minimum atomic E-state index is -0.368. The third kappa shape index (κ3) is 4.73. The van der Waals surface area contributed by atoms with E-state index in [9.17, 15) is 14.4 Å². The Balaban J connectivity index is 1.59. The van der Waals surface area contributed by atoms with Gasteiger partial charge in [-0.1, -0.05) is 29.3 Å². The number of hydrogen-bond acceptors (Lipinski definition) is 5. The lowest BCUT2D eigenvalue weighted by Gasteiger charge is -2.10. The number of nitrogens with one attached hydrogen (secondary N) is 2. The van der Waals surface area contributed by atoms with Crippen molar-refractivity contribution in [2.45, 2.75) is 34.2 Å². The lowest BCUT2D eigenvalue weighted by atomic mass is 10.1. The summed E-state index contributed by atoms with van der Waals surface area (Å²) in [5.74, 6) is -0.663. The van der Waals surface area contributed by atoms with Gasteiger partial charge in [0, 0.05) is 16.4 Å². The molecule has 2 N–H and O–H groups in total. The Morgan fingerprint density at radius 2 is 1.68 bits per heavy atom. The molecule has 2 amide bonds. The van der Waals surface area contributed by atoms with Crippen LogP contribution in [0.4, 0.5) is 11.4 Å². The number of anilines is 2. The van der Waals surface area contributed by atoms with Crippen LogP contribution in [0.5, 0.6) is 0 Å². The van der Waals surface area contributed by atoms with Crippen LogP contribution in [0.1, 0.15) is 31.9 Å². The van der Waals surface area contributed by atoms with Gasteiger partial charge in [0.2, 0.25) is 5.91 Å². The van der Waals surface area contributed by atoms with Gasteiger partial charge in [-0.15, -0.1) is 11.3 Å². The summed E-state index contributed by atoms with van der Waals surface area (Å²) < 4.78 is 1.24. The van der Waals surface area contributed by atoms with Crippen LogP contribution in [0.3, 0.4) is 0 Å². The largest absolute Gasteiger partial charge is 0.324 e. The molecule has 7 nitrogen and oxygen atoms in total. The van der Waals surface area contributed by atoms with Crippen molar-refractivity contribution in [2.24, 2.45) is 0 Å². The predicted molar refractivity (Wildman–Crippen MR) is 137 cm³/mol. The van der Waals surface area contributed by atoms with E-state index in [1.807, 2.05) is 39.0 Å². The van der Waals surface area contributed by atoms with Crippen molar-refractivity contribution < 1.29 is 9.59 Å². The second kappa shape index (κ2) is 9.40. The van der Waals surface area contributed by atoms with Gasteiger partial charge in [-0.25, -0.2) is 4.98 Å². The minimum absolute atomic E-state index is 0.205. The van der Waals surface area contributed by atoms with Crippen LogP contribution in [0.25, 0.3) is 10.2 Å². The molecule has 174 valence electrons. The number of carbonyl (C=O) groups is 2. The van der Waals surface area contributed by atoms with E-state index >= 15 is 0 Å².